The van der Waals surface area contributed by atoms with E-state index in [0.29, 0.717) is 17.8 Å². The molecular formula is C10H19NO. The van der Waals surface area contributed by atoms with E-state index < -0.39 is 0 Å². The van der Waals surface area contributed by atoms with E-state index in [9.17, 15) is 4.79 Å². The van der Waals surface area contributed by atoms with Gasteiger partial charge in [0.15, 0.2) is 0 Å². The molecule has 1 heterocycles. The van der Waals surface area contributed by atoms with Crippen LogP contribution >= 0.6 is 0 Å². The SMILES string of the molecule is CC(C)[C@H]1CNC(=O)[C@H]1C(C)C. The highest BCUT2D eigenvalue weighted by Gasteiger charge is 2.37. The van der Waals surface area contributed by atoms with Crippen LogP contribution in [0, 0.1) is 23.7 Å². The number of amides is 1. The maximum Gasteiger partial charge on any atom is 0.223 e. The predicted molar refractivity (Wildman–Crippen MR) is 49.7 cm³/mol. The third-order valence-corrected chi connectivity index (χ3v) is 2.85. The number of hydrogen-bond acceptors (Lipinski definition) is 1. The molecule has 0 radical (unpaired) electrons. The molecule has 70 valence electrons. The molecule has 0 aromatic heterocycles. The molecule has 1 rings (SSSR count). The summed E-state index contributed by atoms with van der Waals surface area (Å²) in [7, 11) is 0. The van der Waals surface area contributed by atoms with Crippen LogP contribution in [0.25, 0.3) is 0 Å². The van der Waals surface area contributed by atoms with Gasteiger partial charge in [-0.25, -0.2) is 0 Å². The second-order valence-electron chi connectivity index (χ2n) is 4.42. The average molecular weight is 169 g/mol. The monoisotopic (exact) mass is 169 g/mol. The molecule has 0 aromatic carbocycles. The summed E-state index contributed by atoms with van der Waals surface area (Å²) in [6.07, 6.45) is 0. The summed E-state index contributed by atoms with van der Waals surface area (Å²) in [5, 5.41) is 2.94. The summed E-state index contributed by atoms with van der Waals surface area (Å²) in [4.78, 5) is 11.4. The average Bonchev–Trinajstić information content (AvgIpc) is 2.30. The van der Waals surface area contributed by atoms with Crippen molar-refractivity contribution in [2.45, 2.75) is 27.7 Å². The number of hydrogen-bond donors (Lipinski definition) is 1. The summed E-state index contributed by atoms with van der Waals surface area (Å²) in [6, 6.07) is 0. The van der Waals surface area contributed by atoms with Crippen LogP contribution < -0.4 is 5.32 Å². The van der Waals surface area contributed by atoms with Crippen molar-refractivity contribution in [3.63, 3.8) is 0 Å². The van der Waals surface area contributed by atoms with Crippen LogP contribution in [0.3, 0.4) is 0 Å². The first-order valence-electron chi connectivity index (χ1n) is 4.81. The Bertz CT molecular complexity index is 175. The van der Waals surface area contributed by atoms with Gasteiger partial charge in [-0.3, -0.25) is 4.79 Å². The van der Waals surface area contributed by atoms with Crippen molar-refractivity contribution < 1.29 is 4.79 Å². The van der Waals surface area contributed by atoms with Crippen molar-refractivity contribution in [3.8, 4) is 0 Å². The molecule has 1 N–H and O–H groups in total. The predicted octanol–water partition coefficient (Wildman–Crippen LogP) is 1.66. The highest BCUT2D eigenvalue weighted by Crippen LogP contribution is 2.30. The Morgan fingerprint density at radius 2 is 1.83 bits per heavy atom. The Hall–Kier alpha value is -0.530. The fourth-order valence-electron chi connectivity index (χ4n) is 2.11. The van der Waals surface area contributed by atoms with E-state index in [4.69, 9.17) is 0 Å². The number of nitrogens with one attached hydrogen (secondary N) is 1. The summed E-state index contributed by atoms with van der Waals surface area (Å²) in [5.41, 5.74) is 0. The van der Waals surface area contributed by atoms with E-state index in [0.717, 1.165) is 6.54 Å². The van der Waals surface area contributed by atoms with Gasteiger partial charge in [0, 0.05) is 12.5 Å². The highest BCUT2D eigenvalue weighted by molar-refractivity contribution is 5.81. The molecule has 0 aliphatic carbocycles. The van der Waals surface area contributed by atoms with Crippen LogP contribution in [0.5, 0.6) is 0 Å². The maximum absolute atomic E-state index is 11.4. The molecule has 12 heavy (non-hydrogen) atoms. The van der Waals surface area contributed by atoms with Crippen LogP contribution in [-0.2, 0) is 4.79 Å². The number of carbonyl (C=O) groups is 1. The van der Waals surface area contributed by atoms with Gasteiger partial charge in [-0.15, -0.1) is 0 Å². The fourth-order valence-corrected chi connectivity index (χ4v) is 2.11. The quantitative estimate of drug-likeness (QED) is 0.669. The van der Waals surface area contributed by atoms with Gasteiger partial charge in [0.1, 0.15) is 0 Å². The molecule has 0 saturated carbocycles. The zero-order valence-corrected chi connectivity index (χ0v) is 8.42. The van der Waals surface area contributed by atoms with E-state index in [1.807, 2.05) is 0 Å². The van der Waals surface area contributed by atoms with Crippen molar-refractivity contribution in [1.82, 2.24) is 5.32 Å². The summed E-state index contributed by atoms with van der Waals surface area (Å²) >= 11 is 0. The minimum Gasteiger partial charge on any atom is -0.356 e. The largest absolute Gasteiger partial charge is 0.356 e. The van der Waals surface area contributed by atoms with Gasteiger partial charge in [0.2, 0.25) is 5.91 Å². The van der Waals surface area contributed by atoms with Crippen LogP contribution in [-0.4, -0.2) is 12.5 Å². The zero-order valence-electron chi connectivity index (χ0n) is 8.42. The third kappa shape index (κ3) is 1.62. The highest BCUT2D eigenvalue weighted by atomic mass is 16.2. The van der Waals surface area contributed by atoms with E-state index in [-0.39, 0.29) is 11.8 Å². The normalized spacial score (nSPS) is 30.0. The van der Waals surface area contributed by atoms with Gasteiger partial charge in [0.25, 0.3) is 0 Å². The molecule has 1 saturated heterocycles. The Balaban J connectivity index is 2.70. The van der Waals surface area contributed by atoms with Crippen molar-refractivity contribution in [2.24, 2.45) is 23.7 Å². The lowest BCUT2D eigenvalue weighted by Gasteiger charge is -2.22. The molecule has 1 aliphatic rings. The molecule has 2 nitrogen and oxygen atoms in total. The van der Waals surface area contributed by atoms with Crippen molar-refractivity contribution >= 4 is 5.91 Å². The topological polar surface area (TPSA) is 29.1 Å². The first kappa shape index (κ1) is 9.56. The molecular weight excluding hydrogens is 150 g/mol. The van der Waals surface area contributed by atoms with Gasteiger partial charge < -0.3 is 5.32 Å². The number of carbonyl (C=O) groups excluding carboxylic acids is 1. The fraction of sp³-hybridized carbons (Fsp3) is 0.900. The van der Waals surface area contributed by atoms with Crippen molar-refractivity contribution in [2.75, 3.05) is 6.54 Å². The van der Waals surface area contributed by atoms with Crippen LogP contribution in [0.15, 0.2) is 0 Å². The summed E-state index contributed by atoms with van der Waals surface area (Å²) in [5.74, 6) is 2.11. The molecule has 2 atom stereocenters. The van der Waals surface area contributed by atoms with E-state index in [1.54, 1.807) is 0 Å². The minimum absolute atomic E-state index is 0.241. The first-order chi connectivity index (χ1) is 5.54. The molecule has 2 heteroatoms. The van der Waals surface area contributed by atoms with E-state index in [1.165, 1.54) is 0 Å². The Morgan fingerprint density at radius 1 is 1.25 bits per heavy atom. The van der Waals surface area contributed by atoms with Gasteiger partial charge in [0.05, 0.1) is 0 Å². The third-order valence-electron chi connectivity index (χ3n) is 2.85. The van der Waals surface area contributed by atoms with Gasteiger partial charge in [-0.2, -0.15) is 0 Å². The lowest BCUT2D eigenvalue weighted by atomic mass is 9.79. The smallest absolute Gasteiger partial charge is 0.223 e. The van der Waals surface area contributed by atoms with Gasteiger partial charge >= 0.3 is 0 Å². The Morgan fingerprint density at radius 3 is 2.17 bits per heavy atom. The second-order valence-corrected chi connectivity index (χ2v) is 4.42. The first-order valence-corrected chi connectivity index (χ1v) is 4.81. The van der Waals surface area contributed by atoms with E-state index >= 15 is 0 Å². The van der Waals surface area contributed by atoms with Gasteiger partial charge in [-0.05, 0) is 17.8 Å². The zero-order chi connectivity index (χ0) is 9.30. The summed E-state index contributed by atoms with van der Waals surface area (Å²) < 4.78 is 0. The summed E-state index contributed by atoms with van der Waals surface area (Å²) in [6.45, 7) is 9.52. The van der Waals surface area contributed by atoms with Crippen LogP contribution in [0.1, 0.15) is 27.7 Å². The molecule has 0 unspecified atom stereocenters. The standard InChI is InChI=1S/C10H19NO/c1-6(2)8-5-11-10(12)9(8)7(3)4/h6-9H,5H2,1-4H3,(H,11,12)/t8-,9+/m1/s1. The lowest BCUT2D eigenvalue weighted by molar-refractivity contribution is -0.124. The lowest BCUT2D eigenvalue weighted by Crippen LogP contribution is -2.26. The molecule has 0 aromatic rings. The minimum atomic E-state index is 0.241. The molecule has 1 fully saturated rings. The molecule has 1 amide bonds. The number of rotatable bonds is 2. The Kier molecular flexibility index (Phi) is 2.76. The van der Waals surface area contributed by atoms with E-state index in [2.05, 4.69) is 33.0 Å². The van der Waals surface area contributed by atoms with Crippen LogP contribution in [0.4, 0.5) is 0 Å². The second kappa shape index (κ2) is 3.46. The molecule has 1 aliphatic heterocycles. The van der Waals surface area contributed by atoms with Crippen molar-refractivity contribution in [1.29, 1.82) is 0 Å². The van der Waals surface area contributed by atoms with Gasteiger partial charge in [-0.1, -0.05) is 27.7 Å². The van der Waals surface area contributed by atoms with Crippen LogP contribution in [0.2, 0.25) is 0 Å². The maximum atomic E-state index is 11.4. The Labute approximate surface area is 74.7 Å². The molecule has 0 bridgehead atoms. The van der Waals surface area contributed by atoms with Crippen molar-refractivity contribution in [3.05, 3.63) is 0 Å². The molecule has 0 spiro atoms.